The van der Waals surface area contributed by atoms with Crippen LogP contribution in [0, 0.1) is 25.7 Å². The predicted molar refractivity (Wildman–Crippen MR) is 264 cm³/mol. The molecule has 2 fully saturated rings. The lowest BCUT2D eigenvalue weighted by atomic mass is 10.0. The highest BCUT2D eigenvalue weighted by molar-refractivity contribution is 5.65. The van der Waals surface area contributed by atoms with Gasteiger partial charge in [0.15, 0.2) is 0 Å². The number of likely N-dealkylation sites (tertiary alicyclic amines) is 2. The summed E-state index contributed by atoms with van der Waals surface area (Å²) in [5, 5.41) is 41.4. The third-order valence-corrected chi connectivity index (χ3v) is 14.2. The molecular formula is C52H70N12O6. The average molecular weight is 959 g/mol. The van der Waals surface area contributed by atoms with Crippen LogP contribution in [0.2, 0.25) is 0 Å². The van der Waals surface area contributed by atoms with Gasteiger partial charge >= 0.3 is 0 Å². The van der Waals surface area contributed by atoms with E-state index < -0.39 is 11.2 Å². The van der Waals surface area contributed by atoms with E-state index >= 15 is 0 Å². The molecule has 4 aliphatic heterocycles. The fourth-order valence-corrected chi connectivity index (χ4v) is 11.2. The van der Waals surface area contributed by atoms with E-state index in [0.29, 0.717) is 63.8 Å². The number of aromatic nitrogens is 10. The first kappa shape index (κ1) is 48.1. The van der Waals surface area contributed by atoms with Crippen molar-refractivity contribution in [3.05, 3.63) is 83.0 Å². The molecule has 374 valence electrons. The fourth-order valence-electron chi connectivity index (χ4n) is 11.2. The van der Waals surface area contributed by atoms with E-state index in [1.54, 1.807) is 7.11 Å². The van der Waals surface area contributed by atoms with E-state index in [1.807, 2.05) is 80.4 Å². The number of methoxy groups -OCH3 is 1. The van der Waals surface area contributed by atoms with Gasteiger partial charge in [-0.25, -0.2) is 19.3 Å². The highest BCUT2D eigenvalue weighted by Gasteiger charge is 2.36. The highest BCUT2D eigenvalue weighted by atomic mass is 16.5. The Labute approximate surface area is 410 Å². The van der Waals surface area contributed by atoms with Crippen LogP contribution in [0.4, 0.5) is 0 Å². The van der Waals surface area contributed by atoms with Crippen LogP contribution < -0.4 is 9.47 Å². The standard InChI is InChI=1S/C52H70N12O6/c1-34-18-40(23-53-49(34)67-7)63-45-11-16-68-14-9-43(45)48(57-63)39-22-56-62(30-39)28-37-20-42(60(26-37)33-52(5,6)66)31-70-50-35(2)19-41(24-54-50)64-46-12-17-69-15-10-44(46)47(58-64)38-21-55-61(29-38)27-36-8-13-59(25-36)32-51(3,4)65/h18-19,21-24,29-30,36-37,42,65-66H,8-17,20,25-28,31-33H2,1-7H3/t36-,37+,42?/m0/s1. The van der Waals surface area contributed by atoms with Crippen LogP contribution in [0.1, 0.15) is 74.2 Å². The number of hydrogen-bond acceptors (Lipinski definition) is 14. The minimum Gasteiger partial charge on any atom is -0.481 e. The Balaban J connectivity index is 0.820. The first-order valence-electron chi connectivity index (χ1n) is 25.1. The maximum absolute atomic E-state index is 11.0. The topological polar surface area (TPSA) is 181 Å². The molecule has 0 aromatic carbocycles. The zero-order chi connectivity index (χ0) is 48.7. The molecular weight excluding hydrogens is 889 g/mol. The van der Waals surface area contributed by atoms with E-state index in [2.05, 4.69) is 44.0 Å². The van der Waals surface area contributed by atoms with Gasteiger partial charge in [-0.2, -0.15) is 20.4 Å². The van der Waals surface area contributed by atoms with Gasteiger partial charge in [0.2, 0.25) is 11.8 Å². The van der Waals surface area contributed by atoms with Crippen molar-refractivity contribution in [2.45, 2.75) is 110 Å². The first-order valence-corrected chi connectivity index (χ1v) is 25.1. The zero-order valence-electron chi connectivity index (χ0n) is 42.0. The molecule has 6 aromatic heterocycles. The summed E-state index contributed by atoms with van der Waals surface area (Å²) in [4.78, 5) is 14.1. The van der Waals surface area contributed by atoms with Crippen molar-refractivity contribution in [2.75, 3.05) is 72.9 Å². The van der Waals surface area contributed by atoms with Gasteiger partial charge in [0.05, 0.1) is 104 Å². The van der Waals surface area contributed by atoms with Crippen LogP contribution in [-0.4, -0.2) is 159 Å². The highest BCUT2D eigenvalue weighted by Crippen LogP contribution is 2.34. The lowest BCUT2D eigenvalue weighted by Gasteiger charge is -2.30. The van der Waals surface area contributed by atoms with Gasteiger partial charge in [0, 0.05) is 104 Å². The van der Waals surface area contributed by atoms with Crippen molar-refractivity contribution in [2.24, 2.45) is 11.8 Å². The largest absolute Gasteiger partial charge is 0.481 e. The van der Waals surface area contributed by atoms with Gasteiger partial charge < -0.3 is 34.1 Å². The quantitative estimate of drug-likeness (QED) is 0.131. The van der Waals surface area contributed by atoms with Crippen LogP contribution in [-0.2, 0) is 48.2 Å². The summed E-state index contributed by atoms with van der Waals surface area (Å²) in [5.74, 6) is 1.96. The molecule has 1 unspecified atom stereocenters. The number of ether oxygens (including phenoxy) is 4. The van der Waals surface area contributed by atoms with Gasteiger partial charge in [0.1, 0.15) is 6.61 Å². The number of nitrogens with zero attached hydrogens (tertiary/aromatic N) is 12. The second kappa shape index (κ2) is 20.0. The van der Waals surface area contributed by atoms with Crippen molar-refractivity contribution in [1.82, 2.24) is 58.9 Å². The minimum atomic E-state index is -0.874. The SMILES string of the molecule is COc1ncc(-n2nc(-c3cnn(C[C@@H]4CC(COc5ncc(-n6nc(-c7cnn(C[C@H]8CCN(CC(C)(C)O)C8)c7)c7c6CCOCC7)cc5C)N(CC(C)(C)O)C4)c3)c3c2CCOCC3)cc1C. The van der Waals surface area contributed by atoms with Crippen molar-refractivity contribution in [3.63, 3.8) is 0 Å². The summed E-state index contributed by atoms with van der Waals surface area (Å²) in [6, 6.07) is 4.25. The van der Waals surface area contributed by atoms with Gasteiger partial charge in [-0.05, 0) is 97.7 Å². The number of aryl methyl sites for hydroxylation is 2. The van der Waals surface area contributed by atoms with Crippen LogP contribution in [0.5, 0.6) is 11.8 Å². The number of fused-ring (bicyclic) bond motifs is 2. The third-order valence-electron chi connectivity index (χ3n) is 14.2. The van der Waals surface area contributed by atoms with Crippen LogP contribution in [0.15, 0.2) is 49.3 Å². The summed E-state index contributed by atoms with van der Waals surface area (Å²) >= 11 is 0. The lowest BCUT2D eigenvalue weighted by molar-refractivity contribution is 0.0241. The third kappa shape index (κ3) is 10.7. The van der Waals surface area contributed by atoms with Crippen LogP contribution in [0.3, 0.4) is 0 Å². The summed E-state index contributed by atoms with van der Waals surface area (Å²) in [6.45, 7) is 20.0. The Hall–Kier alpha value is -5.50. The molecule has 0 saturated carbocycles. The molecule has 0 aliphatic carbocycles. The molecule has 18 nitrogen and oxygen atoms in total. The summed E-state index contributed by atoms with van der Waals surface area (Å²) in [6.07, 6.45) is 16.8. The molecule has 2 N–H and O–H groups in total. The normalized spacial score (nSPS) is 20.4. The van der Waals surface area contributed by atoms with Gasteiger partial charge in [0.25, 0.3) is 0 Å². The average Bonchev–Trinajstić information content (AvgIpc) is 4.17. The summed E-state index contributed by atoms with van der Waals surface area (Å²) in [5.41, 5.74) is 10.6. The molecule has 18 heteroatoms. The van der Waals surface area contributed by atoms with E-state index in [-0.39, 0.29) is 12.0 Å². The maximum Gasteiger partial charge on any atom is 0.216 e. The Morgan fingerprint density at radius 3 is 1.77 bits per heavy atom. The van der Waals surface area contributed by atoms with Crippen LogP contribution in [0.25, 0.3) is 33.9 Å². The molecule has 0 radical (unpaired) electrons. The van der Waals surface area contributed by atoms with E-state index in [9.17, 15) is 10.2 Å². The smallest absolute Gasteiger partial charge is 0.216 e. The predicted octanol–water partition coefficient (Wildman–Crippen LogP) is 5.06. The number of pyridine rings is 2. The maximum atomic E-state index is 11.0. The monoisotopic (exact) mass is 959 g/mol. The molecule has 0 amide bonds. The van der Waals surface area contributed by atoms with E-state index in [4.69, 9.17) is 44.3 Å². The first-order chi connectivity index (χ1) is 33.6. The number of β-amino-alcohol motifs (C(OH)–C–C–N with tert-alkyl or cyclic N) is 2. The lowest BCUT2D eigenvalue weighted by Crippen LogP contribution is -2.43. The van der Waals surface area contributed by atoms with Crippen LogP contribution >= 0.6 is 0 Å². The molecule has 3 atom stereocenters. The molecule has 70 heavy (non-hydrogen) atoms. The van der Waals surface area contributed by atoms with Gasteiger partial charge in [-0.15, -0.1) is 0 Å². The zero-order valence-corrected chi connectivity index (χ0v) is 42.0. The minimum absolute atomic E-state index is 0.0750. The van der Waals surface area contributed by atoms with E-state index in [1.165, 1.54) is 11.1 Å². The van der Waals surface area contributed by atoms with Gasteiger partial charge in [-0.3, -0.25) is 14.3 Å². The molecule has 2 saturated heterocycles. The second-order valence-electron chi connectivity index (χ2n) is 21.3. The summed E-state index contributed by atoms with van der Waals surface area (Å²) < 4.78 is 32.0. The second-order valence-corrected chi connectivity index (χ2v) is 21.3. The molecule has 10 rings (SSSR count). The van der Waals surface area contributed by atoms with E-state index in [0.717, 1.165) is 128 Å². The molecule has 6 aromatic rings. The number of aliphatic hydroxyl groups is 2. The van der Waals surface area contributed by atoms with Crippen molar-refractivity contribution in [1.29, 1.82) is 0 Å². The molecule has 0 bridgehead atoms. The Morgan fingerprint density at radius 2 is 1.23 bits per heavy atom. The molecule has 10 heterocycles. The van der Waals surface area contributed by atoms with Gasteiger partial charge in [-0.1, -0.05) is 0 Å². The number of rotatable bonds is 16. The Kier molecular flexibility index (Phi) is 13.7. The van der Waals surface area contributed by atoms with Crippen molar-refractivity contribution < 1.29 is 29.2 Å². The summed E-state index contributed by atoms with van der Waals surface area (Å²) in [7, 11) is 1.64. The molecule has 0 spiro atoms. The Morgan fingerprint density at radius 1 is 0.686 bits per heavy atom. The molecule has 4 aliphatic rings. The van der Waals surface area contributed by atoms with Crippen molar-refractivity contribution >= 4 is 0 Å². The Bertz CT molecular complexity index is 2780. The fraction of sp³-hybridized carbons (Fsp3) is 0.577. The number of hydrogen-bond donors (Lipinski definition) is 2. The van der Waals surface area contributed by atoms with Crippen molar-refractivity contribution in [3.8, 4) is 45.6 Å².